The topological polar surface area (TPSA) is 15.3 Å². The number of halogens is 1. The van der Waals surface area contributed by atoms with E-state index in [1.807, 2.05) is 0 Å². The van der Waals surface area contributed by atoms with Crippen molar-refractivity contribution >= 4 is 27.3 Å². The summed E-state index contributed by atoms with van der Waals surface area (Å²) >= 11 is 3.58. The summed E-state index contributed by atoms with van der Waals surface area (Å²) in [6, 6.07) is 7.12. The average Bonchev–Trinajstić information content (AvgIpc) is 2.41. The molecule has 0 aromatic heterocycles. The first-order valence-corrected chi connectivity index (χ1v) is 8.63. The Labute approximate surface area is 132 Å². The van der Waals surface area contributed by atoms with Crippen LogP contribution in [0.4, 0.5) is 11.4 Å². The number of anilines is 2. The molecule has 20 heavy (non-hydrogen) atoms. The summed E-state index contributed by atoms with van der Waals surface area (Å²) in [5.74, 6) is 0.967. The lowest BCUT2D eigenvalue weighted by molar-refractivity contribution is 0.319. The number of rotatable bonds is 5. The lowest BCUT2D eigenvalue weighted by atomic mass is 9.83. The fourth-order valence-electron chi connectivity index (χ4n) is 3.24. The van der Waals surface area contributed by atoms with E-state index < -0.39 is 0 Å². The fourth-order valence-corrected chi connectivity index (χ4v) is 3.60. The van der Waals surface area contributed by atoms with E-state index in [2.05, 4.69) is 65.4 Å². The van der Waals surface area contributed by atoms with Crippen LogP contribution in [0.2, 0.25) is 0 Å². The number of nitrogens with zero attached hydrogens (tertiary/aromatic N) is 1. The van der Waals surface area contributed by atoms with Crippen molar-refractivity contribution in [2.24, 2.45) is 5.92 Å². The van der Waals surface area contributed by atoms with Crippen molar-refractivity contribution in [3.05, 3.63) is 22.7 Å². The third-order valence-corrected chi connectivity index (χ3v) is 4.84. The van der Waals surface area contributed by atoms with Crippen molar-refractivity contribution in [3.8, 4) is 0 Å². The van der Waals surface area contributed by atoms with Crippen molar-refractivity contribution in [2.45, 2.75) is 51.5 Å². The zero-order valence-electron chi connectivity index (χ0n) is 13.0. The normalized spacial score (nSPS) is 22.6. The molecule has 2 nitrogen and oxygen atoms in total. The fraction of sp³-hybridized carbons (Fsp3) is 0.647. The maximum atomic E-state index is 3.76. The number of hydrogen-bond acceptors (Lipinski definition) is 2. The lowest BCUT2D eigenvalue weighted by Gasteiger charge is -2.31. The first-order chi connectivity index (χ1) is 9.60. The van der Waals surface area contributed by atoms with E-state index >= 15 is 0 Å². The Hall–Kier alpha value is -0.700. The highest BCUT2D eigenvalue weighted by Gasteiger charge is 2.21. The quantitative estimate of drug-likeness (QED) is 0.784. The summed E-state index contributed by atoms with van der Waals surface area (Å²) in [6.45, 7) is 2.30. The minimum Gasteiger partial charge on any atom is -0.381 e. The van der Waals surface area contributed by atoms with Crippen LogP contribution in [0, 0.1) is 5.92 Å². The maximum Gasteiger partial charge on any atom is 0.0597 e. The van der Waals surface area contributed by atoms with Gasteiger partial charge in [-0.3, -0.25) is 0 Å². The van der Waals surface area contributed by atoms with Gasteiger partial charge in [-0.2, -0.15) is 0 Å². The number of benzene rings is 1. The molecule has 0 bridgehead atoms. The van der Waals surface area contributed by atoms with E-state index in [0.717, 1.165) is 10.4 Å². The van der Waals surface area contributed by atoms with Crippen LogP contribution in [-0.4, -0.2) is 20.1 Å². The molecule has 1 N–H and O–H groups in total. The first kappa shape index (κ1) is 15.7. The highest BCUT2D eigenvalue weighted by Crippen LogP contribution is 2.33. The van der Waals surface area contributed by atoms with E-state index in [0.29, 0.717) is 6.04 Å². The van der Waals surface area contributed by atoms with Gasteiger partial charge in [-0.15, -0.1) is 0 Å². The van der Waals surface area contributed by atoms with Crippen LogP contribution in [-0.2, 0) is 0 Å². The molecule has 3 heteroatoms. The standard InChI is InChI=1S/C17H27BrN2/c1-4-5-13-6-9-15(10-7-13)19-16-12-14(18)8-11-17(16)20(2)3/h8,11-13,15,19H,4-7,9-10H2,1-3H3. The van der Waals surface area contributed by atoms with Crippen LogP contribution in [0.3, 0.4) is 0 Å². The van der Waals surface area contributed by atoms with Crippen molar-refractivity contribution < 1.29 is 0 Å². The Morgan fingerprint density at radius 2 is 1.90 bits per heavy atom. The zero-order chi connectivity index (χ0) is 14.5. The Morgan fingerprint density at radius 1 is 1.20 bits per heavy atom. The van der Waals surface area contributed by atoms with Crippen molar-refractivity contribution in [1.29, 1.82) is 0 Å². The molecule has 0 radical (unpaired) electrons. The van der Waals surface area contributed by atoms with Gasteiger partial charge in [0.05, 0.1) is 11.4 Å². The van der Waals surface area contributed by atoms with Gasteiger partial charge in [0.1, 0.15) is 0 Å². The van der Waals surface area contributed by atoms with E-state index in [1.165, 1.54) is 49.9 Å². The third-order valence-electron chi connectivity index (χ3n) is 4.34. The molecule has 0 heterocycles. The minimum atomic E-state index is 0.635. The zero-order valence-corrected chi connectivity index (χ0v) is 14.5. The van der Waals surface area contributed by atoms with Gasteiger partial charge in [-0.25, -0.2) is 0 Å². The van der Waals surface area contributed by atoms with Gasteiger partial charge in [0.2, 0.25) is 0 Å². The maximum absolute atomic E-state index is 3.76. The van der Waals surface area contributed by atoms with Crippen LogP contribution in [0.25, 0.3) is 0 Å². The van der Waals surface area contributed by atoms with Crippen molar-refractivity contribution in [2.75, 3.05) is 24.3 Å². The first-order valence-electron chi connectivity index (χ1n) is 7.83. The monoisotopic (exact) mass is 338 g/mol. The van der Waals surface area contributed by atoms with E-state index in [4.69, 9.17) is 0 Å². The van der Waals surface area contributed by atoms with Crippen molar-refractivity contribution in [1.82, 2.24) is 0 Å². The molecule has 1 aromatic rings. The minimum absolute atomic E-state index is 0.635. The molecule has 112 valence electrons. The van der Waals surface area contributed by atoms with Crippen molar-refractivity contribution in [3.63, 3.8) is 0 Å². The van der Waals surface area contributed by atoms with Gasteiger partial charge in [-0.1, -0.05) is 35.7 Å². The second-order valence-electron chi connectivity index (χ2n) is 6.21. The van der Waals surface area contributed by atoms with Gasteiger partial charge in [0, 0.05) is 24.6 Å². The van der Waals surface area contributed by atoms with Crippen LogP contribution in [0.15, 0.2) is 22.7 Å². The van der Waals surface area contributed by atoms with E-state index in [9.17, 15) is 0 Å². The molecule has 0 saturated heterocycles. The number of nitrogens with one attached hydrogen (secondary N) is 1. The Bertz CT molecular complexity index is 423. The highest BCUT2D eigenvalue weighted by molar-refractivity contribution is 9.10. The second-order valence-corrected chi connectivity index (χ2v) is 7.12. The predicted octanol–water partition coefficient (Wildman–Crippen LogP) is 5.29. The van der Waals surface area contributed by atoms with Crippen LogP contribution < -0.4 is 10.2 Å². The summed E-state index contributed by atoms with van der Waals surface area (Å²) in [5, 5.41) is 3.76. The number of hydrogen-bond donors (Lipinski definition) is 1. The lowest BCUT2D eigenvalue weighted by Crippen LogP contribution is -2.27. The molecule has 0 spiro atoms. The molecule has 0 unspecified atom stereocenters. The molecule has 0 atom stereocenters. The third kappa shape index (κ3) is 4.15. The Kier molecular flexibility index (Phi) is 5.76. The van der Waals surface area contributed by atoms with Crippen LogP contribution in [0.1, 0.15) is 45.4 Å². The molecule has 2 rings (SSSR count). The molecule has 1 saturated carbocycles. The molecule has 0 amide bonds. The Balaban J connectivity index is 1.98. The SMILES string of the molecule is CCCC1CCC(Nc2cc(Br)ccc2N(C)C)CC1. The molecule has 1 fully saturated rings. The summed E-state index contributed by atoms with van der Waals surface area (Å²) in [4.78, 5) is 2.18. The molecular weight excluding hydrogens is 312 g/mol. The molecular formula is C17H27BrN2. The summed E-state index contributed by atoms with van der Waals surface area (Å²) < 4.78 is 1.14. The van der Waals surface area contributed by atoms with Gasteiger partial charge in [0.15, 0.2) is 0 Å². The summed E-state index contributed by atoms with van der Waals surface area (Å²) in [6.07, 6.45) is 8.13. The molecule has 1 aliphatic carbocycles. The predicted molar refractivity (Wildman–Crippen MR) is 92.7 cm³/mol. The van der Waals surface area contributed by atoms with E-state index in [1.54, 1.807) is 0 Å². The second kappa shape index (κ2) is 7.35. The summed E-state index contributed by atoms with van der Waals surface area (Å²) in [5.41, 5.74) is 2.52. The van der Waals surface area contributed by atoms with Gasteiger partial charge in [0.25, 0.3) is 0 Å². The van der Waals surface area contributed by atoms with Crippen LogP contribution in [0.5, 0.6) is 0 Å². The van der Waals surface area contributed by atoms with E-state index in [-0.39, 0.29) is 0 Å². The van der Waals surface area contributed by atoms with Crippen LogP contribution >= 0.6 is 15.9 Å². The summed E-state index contributed by atoms with van der Waals surface area (Å²) in [7, 11) is 4.21. The average molecular weight is 339 g/mol. The van der Waals surface area contributed by atoms with Gasteiger partial charge >= 0.3 is 0 Å². The molecule has 1 aromatic carbocycles. The molecule has 0 aliphatic heterocycles. The van der Waals surface area contributed by atoms with Gasteiger partial charge < -0.3 is 10.2 Å². The largest absolute Gasteiger partial charge is 0.381 e. The van der Waals surface area contributed by atoms with Gasteiger partial charge in [-0.05, 0) is 49.8 Å². The molecule has 1 aliphatic rings. The highest BCUT2D eigenvalue weighted by atomic mass is 79.9. The Morgan fingerprint density at radius 3 is 2.50 bits per heavy atom. The smallest absolute Gasteiger partial charge is 0.0597 e.